The number of urea groups is 1. The highest BCUT2D eigenvalue weighted by molar-refractivity contribution is 5.77. The second-order valence-corrected chi connectivity index (χ2v) is 3.86. The molecule has 0 radical (unpaired) electrons. The molecule has 4 N–H and O–H groups in total. The standard InChI is InChI=1S/C9H20N4O3/c1-12(2)4-5-13(3)9(16)11-6-7(10)8(14)15/h7H,4-6,10H2,1-3H3,(H,11,16)(H,14,15). The van der Waals surface area contributed by atoms with E-state index in [4.69, 9.17) is 10.8 Å². The molecule has 1 atom stereocenters. The van der Waals surface area contributed by atoms with Gasteiger partial charge in [0.15, 0.2) is 0 Å². The average molecular weight is 232 g/mol. The zero-order valence-corrected chi connectivity index (χ0v) is 9.93. The Morgan fingerprint density at radius 1 is 1.31 bits per heavy atom. The van der Waals surface area contributed by atoms with E-state index in [1.165, 1.54) is 4.90 Å². The largest absolute Gasteiger partial charge is 0.480 e. The number of likely N-dealkylation sites (N-methyl/N-ethyl adjacent to an activating group) is 2. The van der Waals surface area contributed by atoms with Crippen molar-refractivity contribution in [3.8, 4) is 0 Å². The molecule has 0 aromatic carbocycles. The number of nitrogens with zero attached hydrogens (tertiary/aromatic N) is 2. The number of amides is 2. The predicted octanol–water partition coefficient (Wildman–Crippen LogP) is -1.40. The molecule has 0 fully saturated rings. The number of carbonyl (C=O) groups excluding carboxylic acids is 1. The van der Waals surface area contributed by atoms with Crippen LogP contribution in [0.15, 0.2) is 0 Å². The highest BCUT2D eigenvalue weighted by atomic mass is 16.4. The fraction of sp³-hybridized carbons (Fsp3) is 0.778. The molecule has 0 saturated heterocycles. The summed E-state index contributed by atoms with van der Waals surface area (Å²) in [7, 11) is 5.46. The van der Waals surface area contributed by atoms with Gasteiger partial charge < -0.3 is 26.0 Å². The van der Waals surface area contributed by atoms with Crippen molar-refractivity contribution in [2.75, 3.05) is 40.8 Å². The van der Waals surface area contributed by atoms with Crippen molar-refractivity contribution in [1.29, 1.82) is 0 Å². The Morgan fingerprint density at radius 2 is 1.88 bits per heavy atom. The summed E-state index contributed by atoms with van der Waals surface area (Å²) in [5.41, 5.74) is 5.25. The lowest BCUT2D eigenvalue weighted by Crippen LogP contribution is -2.47. The van der Waals surface area contributed by atoms with Crippen molar-refractivity contribution in [2.24, 2.45) is 5.73 Å². The first-order valence-corrected chi connectivity index (χ1v) is 4.96. The highest BCUT2D eigenvalue weighted by Crippen LogP contribution is 1.86. The molecular formula is C9H20N4O3. The van der Waals surface area contributed by atoms with Crippen molar-refractivity contribution >= 4 is 12.0 Å². The lowest BCUT2D eigenvalue weighted by Gasteiger charge is -2.20. The molecule has 1 unspecified atom stereocenters. The number of carboxylic acids is 1. The third-order valence-electron chi connectivity index (χ3n) is 2.02. The number of nitrogens with one attached hydrogen (secondary N) is 1. The zero-order chi connectivity index (χ0) is 12.7. The number of aliphatic carboxylic acids is 1. The van der Waals surface area contributed by atoms with Crippen LogP contribution < -0.4 is 11.1 Å². The van der Waals surface area contributed by atoms with E-state index in [9.17, 15) is 9.59 Å². The lowest BCUT2D eigenvalue weighted by molar-refractivity contribution is -0.138. The summed E-state index contributed by atoms with van der Waals surface area (Å²) in [5.74, 6) is -1.13. The van der Waals surface area contributed by atoms with E-state index >= 15 is 0 Å². The maximum Gasteiger partial charge on any atom is 0.322 e. The third-order valence-corrected chi connectivity index (χ3v) is 2.02. The normalized spacial score (nSPS) is 12.3. The summed E-state index contributed by atoms with van der Waals surface area (Å²) in [6.45, 7) is 1.25. The number of carboxylic acid groups (broad SMARTS) is 1. The number of hydrogen-bond acceptors (Lipinski definition) is 4. The fourth-order valence-corrected chi connectivity index (χ4v) is 0.871. The molecule has 0 bridgehead atoms. The molecule has 0 aliphatic heterocycles. The quantitative estimate of drug-likeness (QED) is 0.523. The molecule has 0 rings (SSSR count). The van der Waals surface area contributed by atoms with E-state index in [2.05, 4.69) is 5.32 Å². The molecule has 2 amide bonds. The Balaban J connectivity index is 3.83. The third kappa shape index (κ3) is 6.20. The Kier molecular flexibility index (Phi) is 6.43. The molecule has 94 valence electrons. The summed E-state index contributed by atoms with van der Waals surface area (Å²) in [5, 5.41) is 11.0. The molecular weight excluding hydrogens is 212 g/mol. The monoisotopic (exact) mass is 232 g/mol. The van der Waals surface area contributed by atoms with Crippen LogP contribution in [-0.4, -0.2) is 73.7 Å². The molecule has 16 heavy (non-hydrogen) atoms. The van der Waals surface area contributed by atoms with Gasteiger partial charge in [0.05, 0.1) is 0 Å². The summed E-state index contributed by atoms with van der Waals surface area (Å²) in [6.07, 6.45) is 0. The van der Waals surface area contributed by atoms with Crippen LogP contribution in [0.3, 0.4) is 0 Å². The molecule has 0 aliphatic carbocycles. The van der Waals surface area contributed by atoms with Crippen molar-refractivity contribution < 1.29 is 14.7 Å². The van der Waals surface area contributed by atoms with Crippen LogP contribution >= 0.6 is 0 Å². The average Bonchev–Trinajstić information content (AvgIpc) is 2.21. The number of hydrogen-bond donors (Lipinski definition) is 3. The Hall–Kier alpha value is -1.34. The highest BCUT2D eigenvalue weighted by Gasteiger charge is 2.14. The SMILES string of the molecule is CN(C)CCN(C)C(=O)NCC(N)C(=O)O. The van der Waals surface area contributed by atoms with Crippen LogP contribution in [0, 0.1) is 0 Å². The van der Waals surface area contributed by atoms with Crippen LogP contribution in [0.2, 0.25) is 0 Å². The summed E-state index contributed by atoms with van der Waals surface area (Å²) >= 11 is 0. The smallest absolute Gasteiger partial charge is 0.322 e. The Bertz CT molecular complexity index is 245. The minimum Gasteiger partial charge on any atom is -0.480 e. The topological polar surface area (TPSA) is 98.9 Å². The van der Waals surface area contributed by atoms with Crippen LogP contribution in [0.4, 0.5) is 4.79 Å². The van der Waals surface area contributed by atoms with Crippen molar-refractivity contribution in [3.05, 3.63) is 0 Å². The molecule has 0 heterocycles. The molecule has 7 nitrogen and oxygen atoms in total. The van der Waals surface area contributed by atoms with Gasteiger partial charge in [-0.15, -0.1) is 0 Å². The Morgan fingerprint density at radius 3 is 2.31 bits per heavy atom. The van der Waals surface area contributed by atoms with Crippen LogP contribution in [0.5, 0.6) is 0 Å². The first kappa shape index (κ1) is 14.7. The minimum absolute atomic E-state index is 0.0690. The Labute approximate surface area is 95.2 Å². The van der Waals surface area contributed by atoms with Gasteiger partial charge in [0, 0.05) is 26.7 Å². The van der Waals surface area contributed by atoms with E-state index in [1.807, 2.05) is 19.0 Å². The van der Waals surface area contributed by atoms with Gasteiger partial charge in [-0.2, -0.15) is 0 Å². The fourth-order valence-electron chi connectivity index (χ4n) is 0.871. The van der Waals surface area contributed by atoms with E-state index < -0.39 is 12.0 Å². The summed E-state index contributed by atoms with van der Waals surface area (Å²) < 4.78 is 0. The van der Waals surface area contributed by atoms with E-state index in [1.54, 1.807) is 7.05 Å². The van der Waals surface area contributed by atoms with Crippen molar-refractivity contribution in [1.82, 2.24) is 15.1 Å². The van der Waals surface area contributed by atoms with Gasteiger partial charge in [0.25, 0.3) is 0 Å². The van der Waals surface area contributed by atoms with E-state index in [0.717, 1.165) is 6.54 Å². The lowest BCUT2D eigenvalue weighted by atomic mass is 10.3. The van der Waals surface area contributed by atoms with Crippen LogP contribution in [0.1, 0.15) is 0 Å². The molecule has 0 aliphatic rings. The van der Waals surface area contributed by atoms with Gasteiger partial charge in [-0.1, -0.05) is 0 Å². The molecule has 0 aromatic rings. The second-order valence-electron chi connectivity index (χ2n) is 3.86. The number of rotatable bonds is 6. The van der Waals surface area contributed by atoms with Gasteiger partial charge in [-0.05, 0) is 14.1 Å². The van der Waals surface area contributed by atoms with E-state index in [0.29, 0.717) is 6.54 Å². The number of nitrogens with two attached hydrogens (primary N) is 1. The molecule has 0 aromatic heterocycles. The van der Waals surface area contributed by atoms with Crippen molar-refractivity contribution in [3.63, 3.8) is 0 Å². The van der Waals surface area contributed by atoms with Gasteiger partial charge in [-0.25, -0.2) is 4.79 Å². The maximum atomic E-state index is 11.4. The zero-order valence-electron chi connectivity index (χ0n) is 9.93. The van der Waals surface area contributed by atoms with Gasteiger partial charge in [0.1, 0.15) is 6.04 Å². The summed E-state index contributed by atoms with van der Waals surface area (Å²) in [6, 6.07) is -1.38. The molecule has 7 heteroatoms. The molecule has 0 saturated carbocycles. The first-order valence-electron chi connectivity index (χ1n) is 4.96. The van der Waals surface area contributed by atoms with Crippen LogP contribution in [0.25, 0.3) is 0 Å². The molecule has 0 spiro atoms. The second kappa shape index (κ2) is 7.02. The summed E-state index contributed by atoms with van der Waals surface area (Å²) in [4.78, 5) is 25.3. The van der Waals surface area contributed by atoms with Crippen molar-refractivity contribution in [2.45, 2.75) is 6.04 Å². The van der Waals surface area contributed by atoms with E-state index in [-0.39, 0.29) is 12.6 Å². The first-order chi connectivity index (χ1) is 7.34. The number of carbonyl (C=O) groups is 2. The maximum absolute atomic E-state index is 11.4. The minimum atomic E-state index is -1.13. The van der Waals surface area contributed by atoms with Gasteiger partial charge in [0.2, 0.25) is 0 Å². The predicted molar refractivity (Wildman–Crippen MR) is 60.2 cm³/mol. The van der Waals surface area contributed by atoms with Gasteiger partial charge >= 0.3 is 12.0 Å². The van der Waals surface area contributed by atoms with Gasteiger partial charge in [-0.3, -0.25) is 4.79 Å². The van der Waals surface area contributed by atoms with Crippen LogP contribution in [-0.2, 0) is 4.79 Å².